The number of nitro benzene ring substituents is 1. The van der Waals surface area contributed by atoms with Gasteiger partial charge in [0.25, 0.3) is 5.69 Å². The van der Waals surface area contributed by atoms with Gasteiger partial charge < -0.3 is 10.4 Å². The zero-order chi connectivity index (χ0) is 17.8. The first kappa shape index (κ1) is 16.6. The minimum atomic E-state index is -1.21. The SMILES string of the molecule is O=C(O)c1ccc(NCc2csc(-c3ccccc3)n2)c([N+](=O)[O-])c1. The molecule has 1 aromatic heterocycles. The molecule has 0 atom stereocenters. The standard InChI is InChI=1S/C17H13N3O4S/c21-17(22)12-6-7-14(15(8-12)20(23)24)18-9-13-10-25-16(19-13)11-4-2-1-3-5-11/h1-8,10,18H,9H2,(H,21,22). The van der Waals surface area contributed by atoms with Crippen LogP contribution in [0, 0.1) is 10.1 Å². The monoisotopic (exact) mass is 355 g/mol. The molecule has 3 rings (SSSR count). The molecule has 3 aromatic rings. The number of hydrogen-bond acceptors (Lipinski definition) is 6. The molecule has 0 saturated heterocycles. The number of nitrogens with zero attached hydrogens (tertiary/aromatic N) is 2. The summed E-state index contributed by atoms with van der Waals surface area (Å²) in [5.41, 5.74) is 1.61. The lowest BCUT2D eigenvalue weighted by Crippen LogP contribution is -2.05. The van der Waals surface area contributed by atoms with Crippen molar-refractivity contribution < 1.29 is 14.8 Å². The maximum absolute atomic E-state index is 11.2. The molecule has 0 aliphatic rings. The van der Waals surface area contributed by atoms with Crippen LogP contribution in [-0.4, -0.2) is 21.0 Å². The van der Waals surface area contributed by atoms with E-state index in [4.69, 9.17) is 5.11 Å². The molecule has 8 heteroatoms. The molecule has 0 saturated carbocycles. The second kappa shape index (κ2) is 7.10. The van der Waals surface area contributed by atoms with Gasteiger partial charge in [-0.25, -0.2) is 9.78 Å². The Morgan fingerprint density at radius 3 is 2.68 bits per heavy atom. The fourth-order valence-corrected chi connectivity index (χ4v) is 3.08. The van der Waals surface area contributed by atoms with E-state index < -0.39 is 10.9 Å². The third-order valence-electron chi connectivity index (χ3n) is 3.47. The summed E-state index contributed by atoms with van der Waals surface area (Å²) in [5, 5.41) is 25.8. The summed E-state index contributed by atoms with van der Waals surface area (Å²) in [5.74, 6) is -1.21. The lowest BCUT2D eigenvalue weighted by atomic mass is 10.1. The van der Waals surface area contributed by atoms with Crippen molar-refractivity contribution in [2.75, 3.05) is 5.32 Å². The Morgan fingerprint density at radius 2 is 2.00 bits per heavy atom. The molecule has 1 heterocycles. The number of carbonyl (C=O) groups is 1. The average molecular weight is 355 g/mol. The Hall–Kier alpha value is -3.26. The van der Waals surface area contributed by atoms with Gasteiger partial charge in [-0.05, 0) is 12.1 Å². The zero-order valence-electron chi connectivity index (χ0n) is 12.9. The van der Waals surface area contributed by atoms with Crippen LogP contribution in [0.25, 0.3) is 10.6 Å². The van der Waals surface area contributed by atoms with Crippen LogP contribution >= 0.6 is 11.3 Å². The van der Waals surface area contributed by atoms with Gasteiger partial charge in [0.1, 0.15) is 10.7 Å². The Balaban J connectivity index is 1.77. The van der Waals surface area contributed by atoms with Crippen LogP contribution < -0.4 is 5.32 Å². The molecule has 0 aliphatic heterocycles. The first-order valence-electron chi connectivity index (χ1n) is 7.30. The van der Waals surface area contributed by atoms with Crippen molar-refractivity contribution in [3.63, 3.8) is 0 Å². The van der Waals surface area contributed by atoms with Gasteiger partial charge >= 0.3 is 5.97 Å². The largest absolute Gasteiger partial charge is 0.478 e. The van der Waals surface area contributed by atoms with Crippen molar-refractivity contribution in [1.29, 1.82) is 0 Å². The molecule has 7 nitrogen and oxygen atoms in total. The van der Waals surface area contributed by atoms with Crippen LogP contribution in [-0.2, 0) is 6.54 Å². The van der Waals surface area contributed by atoms with Crippen LogP contribution in [0.1, 0.15) is 16.1 Å². The third kappa shape index (κ3) is 3.81. The second-order valence-electron chi connectivity index (χ2n) is 5.16. The first-order chi connectivity index (χ1) is 12.0. The van der Waals surface area contributed by atoms with Crippen molar-refractivity contribution in [2.45, 2.75) is 6.54 Å². The smallest absolute Gasteiger partial charge is 0.335 e. The Bertz CT molecular complexity index is 925. The second-order valence-corrected chi connectivity index (χ2v) is 6.02. The molecule has 0 aliphatic carbocycles. The highest BCUT2D eigenvalue weighted by molar-refractivity contribution is 7.13. The number of aromatic carboxylic acids is 1. The van der Waals surface area contributed by atoms with Gasteiger partial charge in [-0.1, -0.05) is 30.3 Å². The summed E-state index contributed by atoms with van der Waals surface area (Å²) in [6.07, 6.45) is 0. The number of thiazole rings is 1. The fraction of sp³-hybridized carbons (Fsp3) is 0.0588. The number of rotatable bonds is 6. The summed E-state index contributed by atoms with van der Waals surface area (Å²) in [6, 6.07) is 13.5. The van der Waals surface area contributed by atoms with Crippen LogP contribution in [0.15, 0.2) is 53.9 Å². The number of aromatic nitrogens is 1. The topological polar surface area (TPSA) is 105 Å². The third-order valence-corrected chi connectivity index (χ3v) is 4.41. The quantitative estimate of drug-likeness (QED) is 0.511. The Kier molecular flexibility index (Phi) is 4.71. The Morgan fingerprint density at radius 1 is 1.24 bits per heavy atom. The highest BCUT2D eigenvalue weighted by Crippen LogP contribution is 2.27. The normalized spacial score (nSPS) is 10.4. The first-order valence-corrected chi connectivity index (χ1v) is 8.18. The van der Waals surface area contributed by atoms with Crippen molar-refractivity contribution in [1.82, 2.24) is 4.98 Å². The lowest BCUT2D eigenvalue weighted by Gasteiger charge is -2.06. The summed E-state index contributed by atoms with van der Waals surface area (Å²) >= 11 is 1.49. The number of nitrogens with one attached hydrogen (secondary N) is 1. The molecular weight excluding hydrogens is 342 g/mol. The number of nitro groups is 1. The molecule has 2 aromatic carbocycles. The molecule has 0 radical (unpaired) electrons. The van der Waals surface area contributed by atoms with E-state index in [1.54, 1.807) is 0 Å². The highest BCUT2D eigenvalue weighted by Gasteiger charge is 2.17. The minimum Gasteiger partial charge on any atom is -0.478 e. The summed E-state index contributed by atoms with van der Waals surface area (Å²) in [6.45, 7) is 0.302. The van der Waals surface area contributed by atoms with Crippen LogP contribution in [0.2, 0.25) is 0 Å². The van der Waals surface area contributed by atoms with Crippen molar-refractivity contribution in [3.05, 3.63) is 75.3 Å². The van der Waals surface area contributed by atoms with Crippen LogP contribution in [0.4, 0.5) is 11.4 Å². The van der Waals surface area contributed by atoms with Crippen molar-refractivity contribution >= 4 is 28.7 Å². The molecular formula is C17H13N3O4S. The van der Waals surface area contributed by atoms with Gasteiger partial charge in [0.15, 0.2) is 0 Å². The Labute approximate surface area is 146 Å². The fourth-order valence-electron chi connectivity index (χ4n) is 2.25. The molecule has 0 fully saturated rings. The van der Waals surface area contributed by atoms with Gasteiger partial charge in [-0.2, -0.15) is 0 Å². The van der Waals surface area contributed by atoms with Crippen LogP contribution in [0.3, 0.4) is 0 Å². The molecule has 126 valence electrons. The average Bonchev–Trinajstić information content (AvgIpc) is 3.09. The maximum atomic E-state index is 11.2. The maximum Gasteiger partial charge on any atom is 0.335 e. The predicted molar refractivity (Wildman–Crippen MR) is 94.9 cm³/mol. The van der Waals surface area contributed by atoms with Gasteiger partial charge in [0.05, 0.1) is 22.7 Å². The molecule has 0 amide bonds. The zero-order valence-corrected chi connectivity index (χ0v) is 13.7. The van der Waals surface area contributed by atoms with E-state index in [2.05, 4.69) is 10.3 Å². The number of carboxylic acids is 1. The van der Waals surface area contributed by atoms with E-state index in [1.165, 1.54) is 23.5 Å². The van der Waals surface area contributed by atoms with E-state index in [0.717, 1.165) is 22.3 Å². The highest BCUT2D eigenvalue weighted by atomic mass is 32.1. The van der Waals surface area contributed by atoms with Gasteiger partial charge in [0, 0.05) is 17.0 Å². The van der Waals surface area contributed by atoms with Crippen molar-refractivity contribution in [2.24, 2.45) is 0 Å². The molecule has 0 spiro atoms. The van der Waals surface area contributed by atoms with Crippen LogP contribution in [0.5, 0.6) is 0 Å². The van der Waals surface area contributed by atoms with E-state index in [-0.39, 0.29) is 16.9 Å². The summed E-state index contributed by atoms with van der Waals surface area (Å²) in [4.78, 5) is 26.0. The van der Waals surface area contributed by atoms with E-state index >= 15 is 0 Å². The number of anilines is 1. The molecule has 0 bridgehead atoms. The number of hydrogen-bond donors (Lipinski definition) is 2. The molecule has 25 heavy (non-hydrogen) atoms. The summed E-state index contributed by atoms with van der Waals surface area (Å²) < 4.78 is 0. The lowest BCUT2D eigenvalue weighted by molar-refractivity contribution is -0.384. The van der Waals surface area contributed by atoms with E-state index in [9.17, 15) is 14.9 Å². The summed E-state index contributed by atoms with van der Waals surface area (Å²) in [7, 11) is 0. The van der Waals surface area contributed by atoms with E-state index in [1.807, 2.05) is 35.7 Å². The van der Waals surface area contributed by atoms with Gasteiger partial charge in [0.2, 0.25) is 0 Å². The minimum absolute atomic E-state index is 0.128. The molecule has 2 N–H and O–H groups in total. The van der Waals surface area contributed by atoms with Gasteiger partial charge in [-0.3, -0.25) is 10.1 Å². The predicted octanol–water partition coefficient (Wildman–Crippen LogP) is 4.03. The molecule has 0 unspecified atom stereocenters. The number of carboxylic acid groups (broad SMARTS) is 1. The number of benzene rings is 2. The van der Waals surface area contributed by atoms with Gasteiger partial charge in [-0.15, -0.1) is 11.3 Å². The van der Waals surface area contributed by atoms with E-state index in [0.29, 0.717) is 6.54 Å². The van der Waals surface area contributed by atoms with Crippen molar-refractivity contribution in [3.8, 4) is 10.6 Å².